The van der Waals surface area contributed by atoms with E-state index in [1.165, 1.54) is 0 Å². The molecule has 2 aliphatic rings. The van der Waals surface area contributed by atoms with Gasteiger partial charge in [0, 0.05) is 23.9 Å². The molecule has 0 N–H and O–H groups in total. The van der Waals surface area contributed by atoms with Gasteiger partial charge in [-0.15, -0.1) is 34.5 Å². The van der Waals surface area contributed by atoms with Gasteiger partial charge in [-0.25, -0.2) is 9.97 Å². The number of carboxylic acid groups (broad SMARTS) is 4. The Balaban J connectivity index is 0.00000541. The smallest absolute Gasteiger partial charge is 0.657 e. The number of carbonyl (C=O) groups excluding carboxylic acids is 4. The number of rotatable bonds is 12. The minimum Gasteiger partial charge on any atom is -0.657 e. The SMILES string of the molecule is CC1=C(CCC(=O)[O-])c2cc3[n-]c(cc4nc(cc5[n-]c(cc1n2)c(CCC(=O)[O-])c5C)C(C)=C4CCC(=O)[O-])c(CCC(=O)[O-])c3C.Cl.[Fe+3].[H+].[H+].[H+]. The molecule has 263 valence electrons. The first kappa shape index (κ1) is 39.7. The van der Waals surface area contributed by atoms with E-state index in [4.69, 9.17) is 19.9 Å². The van der Waals surface area contributed by atoms with Gasteiger partial charge in [0.25, 0.3) is 0 Å². The molecule has 50 heavy (non-hydrogen) atoms. The first-order chi connectivity index (χ1) is 22.7. The molecule has 0 atom stereocenters. The molecule has 2 aliphatic heterocycles. The molecule has 0 aliphatic carbocycles. The van der Waals surface area contributed by atoms with Gasteiger partial charge in [-0.05, 0) is 101 Å². The Kier molecular flexibility index (Phi) is 13.0. The van der Waals surface area contributed by atoms with Gasteiger partial charge in [0.1, 0.15) is 0 Å². The first-order valence-electron chi connectivity index (χ1n) is 15.6. The maximum absolute atomic E-state index is 11.5. The number of aliphatic carboxylic acids is 4. The molecular formula is C36H36ClFeN4O8. The van der Waals surface area contributed by atoms with Crippen LogP contribution in [0.15, 0.2) is 24.3 Å². The molecule has 8 bridgehead atoms. The molecule has 5 rings (SSSR count). The fourth-order valence-electron chi connectivity index (χ4n) is 6.24. The number of nitrogens with zero attached hydrogens (tertiary/aromatic N) is 4. The monoisotopic (exact) mass is 743 g/mol. The van der Waals surface area contributed by atoms with Gasteiger partial charge >= 0.3 is 21.3 Å². The van der Waals surface area contributed by atoms with E-state index < -0.39 is 23.9 Å². The fourth-order valence-corrected chi connectivity index (χ4v) is 6.24. The normalized spacial score (nSPS) is 12.4. The molecular weight excluding hydrogens is 708 g/mol. The molecule has 14 heteroatoms. The topological polar surface area (TPSA) is 214 Å². The second kappa shape index (κ2) is 16.3. The number of allylic oxidation sites excluding steroid dienone is 4. The van der Waals surface area contributed by atoms with Crippen molar-refractivity contribution in [2.24, 2.45) is 0 Å². The quantitative estimate of drug-likeness (QED) is 0.240. The van der Waals surface area contributed by atoms with Crippen LogP contribution in [0, 0.1) is 13.8 Å². The largest absolute Gasteiger partial charge is 3.00 e. The molecule has 0 amide bonds. The molecule has 0 unspecified atom stereocenters. The van der Waals surface area contributed by atoms with E-state index in [0.29, 0.717) is 78.3 Å². The second-order valence-electron chi connectivity index (χ2n) is 12.0. The Morgan fingerprint density at radius 2 is 0.840 bits per heavy atom. The summed E-state index contributed by atoms with van der Waals surface area (Å²) in [6.45, 7) is 7.28. The molecule has 5 heterocycles. The van der Waals surface area contributed by atoms with Crippen molar-refractivity contribution in [2.75, 3.05) is 0 Å². The summed E-state index contributed by atoms with van der Waals surface area (Å²) in [7, 11) is 0. The molecule has 3 aromatic heterocycles. The molecule has 0 saturated heterocycles. The maximum Gasteiger partial charge on any atom is 3.00 e. The summed E-state index contributed by atoms with van der Waals surface area (Å²) in [6.07, 6.45) is -0.486. The van der Waals surface area contributed by atoms with Crippen LogP contribution in [0.4, 0.5) is 0 Å². The van der Waals surface area contributed by atoms with Gasteiger partial charge in [-0.3, -0.25) is 0 Å². The minimum atomic E-state index is -1.23. The summed E-state index contributed by atoms with van der Waals surface area (Å²) in [6, 6.07) is 6.94. The van der Waals surface area contributed by atoms with Gasteiger partial charge in [0.05, 0.1) is 22.8 Å². The van der Waals surface area contributed by atoms with Gasteiger partial charge < -0.3 is 49.6 Å². The summed E-state index contributed by atoms with van der Waals surface area (Å²) in [5.41, 5.74) is 9.44. The number of fused-ring (bicyclic) bond motifs is 8. The van der Waals surface area contributed by atoms with E-state index >= 15 is 0 Å². The van der Waals surface area contributed by atoms with Crippen LogP contribution in [0.1, 0.15) is 102 Å². The van der Waals surface area contributed by atoms with Gasteiger partial charge in [0.2, 0.25) is 0 Å². The minimum absolute atomic E-state index is 0. The Morgan fingerprint density at radius 1 is 0.540 bits per heavy atom. The number of hydrogen-bond acceptors (Lipinski definition) is 10. The summed E-state index contributed by atoms with van der Waals surface area (Å²) in [5, 5.41) is 45.8. The zero-order chi connectivity index (χ0) is 34.9. The third kappa shape index (κ3) is 8.53. The van der Waals surface area contributed by atoms with Crippen molar-refractivity contribution in [3.63, 3.8) is 0 Å². The van der Waals surface area contributed by atoms with Crippen LogP contribution in [0.25, 0.3) is 44.4 Å². The van der Waals surface area contributed by atoms with Crippen LogP contribution in [0.3, 0.4) is 0 Å². The predicted molar refractivity (Wildman–Crippen MR) is 179 cm³/mol. The zero-order valence-electron chi connectivity index (χ0n) is 30.8. The van der Waals surface area contributed by atoms with Crippen molar-refractivity contribution >= 4 is 80.6 Å². The van der Waals surface area contributed by atoms with Crippen molar-refractivity contribution in [2.45, 2.75) is 79.1 Å². The van der Waals surface area contributed by atoms with Crippen molar-refractivity contribution < 1.29 is 61.0 Å². The Hall–Kier alpha value is -4.71. The average molecular weight is 744 g/mol. The Labute approximate surface area is 309 Å². The Bertz CT molecular complexity index is 2130. The molecule has 1 radical (unpaired) electrons. The molecule has 0 fully saturated rings. The number of halogens is 1. The van der Waals surface area contributed by atoms with Crippen LogP contribution >= 0.6 is 12.4 Å². The van der Waals surface area contributed by atoms with Gasteiger partial charge in [0.15, 0.2) is 0 Å². The molecule has 0 spiro atoms. The number of hydrogen-bond donors (Lipinski definition) is 0. The first-order valence-corrected chi connectivity index (χ1v) is 15.6. The summed E-state index contributed by atoms with van der Waals surface area (Å²) >= 11 is 0. The number of aromatic nitrogens is 4. The number of carboxylic acids is 4. The van der Waals surface area contributed by atoms with Crippen LogP contribution in [-0.2, 0) is 49.1 Å². The molecule has 12 nitrogen and oxygen atoms in total. The van der Waals surface area contributed by atoms with E-state index in [2.05, 4.69) is 0 Å². The van der Waals surface area contributed by atoms with E-state index in [1.54, 1.807) is 31.2 Å². The third-order valence-corrected chi connectivity index (χ3v) is 8.96. The van der Waals surface area contributed by atoms with Crippen LogP contribution in [-0.4, -0.2) is 33.8 Å². The summed E-state index contributed by atoms with van der Waals surface area (Å²) < 4.78 is 0. The van der Waals surface area contributed by atoms with Gasteiger partial charge in [-0.1, -0.05) is 46.5 Å². The Morgan fingerprint density at radius 3 is 1.20 bits per heavy atom. The van der Waals surface area contributed by atoms with Crippen LogP contribution < -0.4 is 30.4 Å². The van der Waals surface area contributed by atoms with Gasteiger partial charge in [-0.2, -0.15) is 0 Å². The zero-order valence-corrected chi connectivity index (χ0v) is 29.7. The standard InChI is InChI=1S/C36H38N4O8.ClH.Fe/c1-17-21(5-9-33(41)42)29-14-27-19(3)22(6-10-34(43)44)30(39-27)15-28-20(4)24(8-12-36(47)48)32(40-28)16-31-23(7-11-35(45)46)18(2)26(38-31)13-25(17)37-29;;/h13-16H,5-12H2,1-4H3,(H6,37,38,39,40,41,42,43,44,45,46,47,48);1H;/q;;+3/p-3. The van der Waals surface area contributed by atoms with Crippen molar-refractivity contribution in [1.82, 2.24) is 19.9 Å². The number of aryl methyl sites for hydroxylation is 4. The molecule has 0 aromatic carbocycles. The van der Waals surface area contributed by atoms with Crippen LogP contribution in [0.5, 0.6) is 0 Å². The van der Waals surface area contributed by atoms with E-state index in [1.807, 2.05) is 20.8 Å². The van der Waals surface area contributed by atoms with Crippen molar-refractivity contribution in [3.8, 4) is 0 Å². The predicted octanol–water partition coefficient (Wildman–Crippen LogP) is 1.23. The van der Waals surface area contributed by atoms with Crippen LogP contribution in [0.2, 0.25) is 0 Å². The summed E-state index contributed by atoms with van der Waals surface area (Å²) in [4.78, 5) is 65.2. The van der Waals surface area contributed by atoms with E-state index in [0.717, 1.165) is 11.1 Å². The second-order valence-corrected chi connectivity index (χ2v) is 12.0. The van der Waals surface area contributed by atoms with Crippen molar-refractivity contribution in [3.05, 3.63) is 69.3 Å². The fraction of sp³-hybridized carbons (Fsp3) is 0.333. The van der Waals surface area contributed by atoms with E-state index in [-0.39, 0.29) is 85.1 Å². The molecule has 0 saturated carbocycles. The third-order valence-electron chi connectivity index (χ3n) is 8.96. The number of carbonyl (C=O) groups is 4. The van der Waals surface area contributed by atoms with E-state index in [9.17, 15) is 39.6 Å². The molecule has 3 aromatic rings. The average Bonchev–Trinajstić information content (AvgIpc) is 3.66. The maximum atomic E-state index is 11.5. The summed E-state index contributed by atoms with van der Waals surface area (Å²) in [5.74, 6) is -4.89. The van der Waals surface area contributed by atoms with Crippen molar-refractivity contribution in [1.29, 1.82) is 0 Å².